The highest BCUT2D eigenvalue weighted by Crippen LogP contribution is 2.48. The Labute approximate surface area is 251 Å². The first kappa shape index (κ1) is 24.2. The lowest BCUT2D eigenvalue weighted by molar-refractivity contribution is 0.669. The Morgan fingerprint density at radius 3 is 2.09 bits per heavy atom. The van der Waals surface area contributed by atoms with E-state index in [1.54, 1.807) is 11.3 Å². The molecule has 0 radical (unpaired) electrons. The van der Waals surface area contributed by atoms with Crippen LogP contribution in [0.5, 0.6) is 0 Å². The summed E-state index contributed by atoms with van der Waals surface area (Å²) >= 11 is 1.80. The van der Waals surface area contributed by atoms with Gasteiger partial charge in [-0.05, 0) is 64.4 Å². The predicted molar refractivity (Wildman–Crippen MR) is 182 cm³/mol. The van der Waals surface area contributed by atoms with Gasteiger partial charge in [-0.1, -0.05) is 91.0 Å². The van der Waals surface area contributed by atoms with Crippen LogP contribution >= 0.6 is 11.3 Å². The van der Waals surface area contributed by atoms with Gasteiger partial charge in [-0.3, -0.25) is 4.98 Å². The Hall–Kier alpha value is -5.45. The van der Waals surface area contributed by atoms with Crippen LogP contribution in [-0.4, -0.2) is 4.98 Å². The van der Waals surface area contributed by atoms with E-state index in [0.29, 0.717) is 0 Å². The first-order valence-electron chi connectivity index (χ1n) is 14.4. The second kappa shape index (κ2) is 9.55. The minimum atomic E-state index is 0.867. The zero-order chi connectivity index (χ0) is 28.3. The Morgan fingerprint density at radius 1 is 0.512 bits per heavy atom. The van der Waals surface area contributed by atoms with Gasteiger partial charge in [0, 0.05) is 32.7 Å². The average Bonchev–Trinajstić information content (AvgIpc) is 3.63. The molecule has 0 unspecified atom stereocenters. The number of hydrogen-bond donors (Lipinski definition) is 0. The average molecular weight is 569 g/mol. The van der Waals surface area contributed by atoms with Crippen molar-refractivity contribution in [1.82, 2.24) is 4.98 Å². The highest BCUT2D eigenvalue weighted by Gasteiger charge is 2.23. The van der Waals surface area contributed by atoms with E-state index in [1.807, 2.05) is 24.5 Å². The number of pyridine rings is 1. The van der Waals surface area contributed by atoms with E-state index in [4.69, 9.17) is 9.40 Å². The summed E-state index contributed by atoms with van der Waals surface area (Å²) in [7, 11) is 0. The van der Waals surface area contributed by atoms with E-state index in [1.165, 1.54) is 37.4 Å². The maximum Gasteiger partial charge on any atom is 0.137 e. The lowest BCUT2D eigenvalue weighted by Crippen LogP contribution is -2.11. The highest BCUT2D eigenvalue weighted by molar-refractivity contribution is 7.26. The molecule has 43 heavy (non-hydrogen) atoms. The molecule has 0 saturated heterocycles. The molecule has 3 nitrogen and oxygen atoms in total. The summed E-state index contributed by atoms with van der Waals surface area (Å²) in [6.07, 6.45) is 4.01. The Bertz CT molecular complexity index is 2460. The maximum atomic E-state index is 6.34. The van der Waals surface area contributed by atoms with Crippen LogP contribution in [0.4, 0.5) is 17.1 Å². The van der Waals surface area contributed by atoms with Crippen molar-refractivity contribution in [3.05, 3.63) is 146 Å². The third kappa shape index (κ3) is 3.84. The van der Waals surface area contributed by atoms with Crippen LogP contribution in [0.25, 0.3) is 64.0 Å². The molecule has 9 rings (SSSR count). The molecule has 9 aromatic rings. The molecule has 0 spiro atoms. The molecule has 0 aliphatic carbocycles. The van der Waals surface area contributed by atoms with Crippen molar-refractivity contribution in [3.63, 3.8) is 0 Å². The minimum absolute atomic E-state index is 0.867. The SMILES string of the molecule is c1ccc(-c2ccc(N(c3cccc4oc5ccccc5c34)c3cncc4sc5cc6ccccc6cc5c34)cc2)cc1. The number of para-hydroxylation sites is 1. The smallest absolute Gasteiger partial charge is 0.137 e. The fourth-order valence-corrected chi connectivity index (χ4v) is 7.47. The Kier molecular flexibility index (Phi) is 5.37. The van der Waals surface area contributed by atoms with E-state index in [-0.39, 0.29) is 0 Å². The zero-order valence-corrected chi connectivity index (χ0v) is 23.9. The molecule has 202 valence electrons. The van der Waals surface area contributed by atoms with E-state index in [2.05, 4.69) is 126 Å². The molecule has 3 heterocycles. The molecule has 0 amide bonds. The number of thiophene rings is 1. The van der Waals surface area contributed by atoms with Gasteiger partial charge in [-0.15, -0.1) is 11.3 Å². The topological polar surface area (TPSA) is 29.3 Å². The maximum absolute atomic E-state index is 6.34. The Balaban J connectivity index is 1.35. The lowest BCUT2D eigenvalue weighted by Gasteiger charge is -2.27. The first-order valence-corrected chi connectivity index (χ1v) is 15.2. The summed E-state index contributed by atoms with van der Waals surface area (Å²) < 4.78 is 8.77. The zero-order valence-electron chi connectivity index (χ0n) is 23.1. The van der Waals surface area contributed by atoms with Crippen molar-refractivity contribution in [2.45, 2.75) is 0 Å². The molecule has 0 N–H and O–H groups in total. The number of benzene rings is 6. The summed E-state index contributed by atoms with van der Waals surface area (Å²) in [5.41, 5.74) is 7.29. The van der Waals surface area contributed by atoms with Crippen molar-refractivity contribution in [3.8, 4) is 11.1 Å². The van der Waals surface area contributed by atoms with Gasteiger partial charge in [0.2, 0.25) is 0 Å². The van der Waals surface area contributed by atoms with E-state index in [0.717, 1.165) is 43.7 Å². The second-order valence-electron chi connectivity index (χ2n) is 10.8. The van der Waals surface area contributed by atoms with Gasteiger partial charge in [-0.2, -0.15) is 0 Å². The second-order valence-corrected chi connectivity index (χ2v) is 11.9. The Morgan fingerprint density at radius 2 is 1.23 bits per heavy atom. The van der Waals surface area contributed by atoms with Gasteiger partial charge in [0.15, 0.2) is 0 Å². The minimum Gasteiger partial charge on any atom is -0.456 e. The molecule has 0 bridgehead atoms. The number of furan rings is 1. The molecular formula is C39H24N2OS. The monoisotopic (exact) mass is 568 g/mol. The van der Waals surface area contributed by atoms with Gasteiger partial charge in [-0.25, -0.2) is 0 Å². The number of anilines is 3. The number of rotatable bonds is 4. The molecule has 6 aromatic carbocycles. The largest absolute Gasteiger partial charge is 0.456 e. The van der Waals surface area contributed by atoms with Gasteiger partial charge in [0.25, 0.3) is 0 Å². The van der Waals surface area contributed by atoms with E-state index >= 15 is 0 Å². The van der Waals surface area contributed by atoms with Crippen LogP contribution in [-0.2, 0) is 0 Å². The van der Waals surface area contributed by atoms with Crippen molar-refractivity contribution >= 4 is 81.3 Å². The fraction of sp³-hybridized carbons (Fsp3) is 0. The number of hydrogen-bond acceptors (Lipinski definition) is 4. The van der Waals surface area contributed by atoms with Crippen molar-refractivity contribution in [2.24, 2.45) is 0 Å². The van der Waals surface area contributed by atoms with Crippen LogP contribution in [0.1, 0.15) is 0 Å². The van der Waals surface area contributed by atoms with Gasteiger partial charge in [0.05, 0.1) is 27.7 Å². The molecular weight excluding hydrogens is 545 g/mol. The van der Waals surface area contributed by atoms with Crippen LogP contribution in [0.2, 0.25) is 0 Å². The summed E-state index contributed by atoms with van der Waals surface area (Å²) in [4.78, 5) is 7.15. The fourth-order valence-electron chi connectivity index (χ4n) is 6.35. The molecule has 0 fully saturated rings. The molecule has 0 atom stereocenters. The van der Waals surface area contributed by atoms with Crippen molar-refractivity contribution in [1.29, 1.82) is 0 Å². The van der Waals surface area contributed by atoms with Gasteiger partial charge in [0.1, 0.15) is 11.2 Å². The third-order valence-electron chi connectivity index (χ3n) is 8.32. The van der Waals surface area contributed by atoms with Crippen LogP contribution in [0.3, 0.4) is 0 Å². The molecule has 0 aliphatic rings. The summed E-state index contributed by atoms with van der Waals surface area (Å²) in [6.45, 7) is 0. The number of fused-ring (bicyclic) bond motifs is 7. The molecule has 0 saturated carbocycles. The number of nitrogens with zero attached hydrogens (tertiary/aromatic N) is 2. The van der Waals surface area contributed by atoms with Crippen LogP contribution in [0, 0.1) is 0 Å². The summed E-state index contributed by atoms with van der Waals surface area (Å²) in [6, 6.07) is 47.2. The molecule has 4 heteroatoms. The first-order chi connectivity index (χ1) is 21.3. The molecule has 3 aromatic heterocycles. The lowest BCUT2D eigenvalue weighted by atomic mass is 10.0. The third-order valence-corrected chi connectivity index (χ3v) is 9.41. The normalized spacial score (nSPS) is 11.7. The van der Waals surface area contributed by atoms with Crippen molar-refractivity contribution in [2.75, 3.05) is 4.90 Å². The number of aromatic nitrogens is 1. The highest BCUT2D eigenvalue weighted by atomic mass is 32.1. The predicted octanol–water partition coefficient (Wildman–Crippen LogP) is 11.6. The quantitative estimate of drug-likeness (QED) is 0.211. The van der Waals surface area contributed by atoms with Crippen LogP contribution in [0.15, 0.2) is 150 Å². The summed E-state index contributed by atoms with van der Waals surface area (Å²) in [5, 5.41) is 7.12. The van der Waals surface area contributed by atoms with Gasteiger partial charge < -0.3 is 9.32 Å². The van der Waals surface area contributed by atoms with Crippen molar-refractivity contribution < 1.29 is 4.42 Å². The van der Waals surface area contributed by atoms with E-state index in [9.17, 15) is 0 Å². The summed E-state index contributed by atoms with van der Waals surface area (Å²) in [5.74, 6) is 0. The standard InChI is InChI=1S/C39H24N2OS/c1-2-9-25(10-3-1)26-17-19-29(20-18-26)41(32-14-8-16-35-38(32)30-13-6-7-15-34(30)42-35)33-23-40-24-37-39(33)31-21-27-11-4-5-12-28(27)22-36(31)43-37/h1-24H. The van der Waals surface area contributed by atoms with E-state index < -0.39 is 0 Å². The van der Waals surface area contributed by atoms with Gasteiger partial charge >= 0.3 is 0 Å². The van der Waals surface area contributed by atoms with Crippen LogP contribution < -0.4 is 4.90 Å². The molecule has 0 aliphatic heterocycles.